The lowest BCUT2D eigenvalue weighted by atomic mass is 9.86. The second-order valence-corrected chi connectivity index (χ2v) is 6.30. The topological polar surface area (TPSA) is 35.2 Å². The van der Waals surface area contributed by atoms with E-state index in [0.717, 1.165) is 5.56 Å². The summed E-state index contributed by atoms with van der Waals surface area (Å²) in [5.74, 6) is 0.481. The van der Waals surface area contributed by atoms with Gasteiger partial charge >= 0.3 is 0 Å². The lowest BCUT2D eigenvalue weighted by molar-refractivity contribution is 0.417. The van der Waals surface area contributed by atoms with Crippen LogP contribution in [-0.2, 0) is 5.41 Å². The van der Waals surface area contributed by atoms with Gasteiger partial charge in [0.2, 0.25) is 0 Å². The van der Waals surface area contributed by atoms with Gasteiger partial charge in [-0.25, -0.2) is 4.39 Å². The third-order valence-corrected chi connectivity index (χ3v) is 3.40. The summed E-state index contributed by atoms with van der Waals surface area (Å²) >= 11 is 0. The molecule has 0 saturated carbocycles. The van der Waals surface area contributed by atoms with Gasteiger partial charge in [-0.1, -0.05) is 51.1 Å². The molecule has 2 nitrogen and oxygen atoms in total. The largest absolute Gasteiger partial charge is 0.454 e. The fourth-order valence-electron chi connectivity index (χ4n) is 2.28. The Balaban J connectivity index is 2.49. The first kappa shape index (κ1) is 15.5. The molecule has 0 aliphatic heterocycles. The van der Waals surface area contributed by atoms with Crippen LogP contribution in [0.2, 0.25) is 0 Å². The van der Waals surface area contributed by atoms with Gasteiger partial charge < -0.3 is 10.5 Å². The molecule has 0 spiro atoms. The van der Waals surface area contributed by atoms with Crippen LogP contribution in [0.5, 0.6) is 11.5 Å². The molecule has 0 unspecified atom stereocenters. The number of para-hydroxylation sites is 2. The molecule has 2 N–H and O–H groups in total. The summed E-state index contributed by atoms with van der Waals surface area (Å²) in [5, 5.41) is 0. The second kappa shape index (κ2) is 5.86. The number of hydrogen-bond donors (Lipinski definition) is 1. The van der Waals surface area contributed by atoms with E-state index >= 15 is 0 Å². The molecule has 3 heteroatoms. The highest BCUT2D eigenvalue weighted by atomic mass is 19.1. The van der Waals surface area contributed by atoms with Gasteiger partial charge in [-0.2, -0.15) is 0 Å². The van der Waals surface area contributed by atoms with Crippen LogP contribution in [0.15, 0.2) is 42.5 Å². The van der Waals surface area contributed by atoms with Gasteiger partial charge in [-0.3, -0.25) is 0 Å². The third-order valence-electron chi connectivity index (χ3n) is 3.40. The zero-order chi connectivity index (χ0) is 15.6. The first-order chi connectivity index (χ1) is 9.80. The van der Waals surface area contributed by atoms with Crippen molar-refractivity contribution in [1.29, 1.82) is 0 Å². The highest BCUT2D eigenvalue weighted by molar-refractivity contribution is 5.45. The van der Waals surface area contributed by atoms with Crippen molar-refractivity contribution < 1.29 is 9.13 Å². The number of halogens is 1. The van der Waals surface area contributed by atoms with Crippen molar-refractivity contribution in [2.24, 2.45) is 5.73 Å². The molecule has 21 heavy (non-hydrogen) atoms. The van der Waals surface area contributed by atoms with E-state index in [1.807, 2.05) is 31.2 Å². The number of rotatable bonds is 3. The molecule has 0 aliphatic carbocycles. The van der Waals surface area contributed by atoms with Crippen LogP contribution in [0.1, 0.15) is 44.9 Å². The van der Waals surface area contributed by atoms with Crippen LogP contribution in [0.3, 0.4) is 0 Å². The van der Waals surface area contributed by atoms with Crippen LogP contribution in [0.25, 0.3) is 0 Å². The minimum Gasteiger partial charge on any atom is -0.454 e. The molecule has 0 saturated heterocycles. The third kappa shape index (κ3) is 3.42. The smallest absolute Gasteiger partial charge is 0.167 e. The van der Waals surface area contributed by atoms with Gasteiger partial charge in [-0.05, 0) is 24.5 Å². The molecule has 112 valence electrons. The van der Waals surface area contributed by atoms with Gasteiger partial charge in [0.25, 0.3) is 0 Å². The average molecular weight is 287 g/mol. The molecular formula is C18H22FNO. The fraction of sp³-hybridized carbons (Fsp3) is 0.333. The molecular weight excluding hydrogens is 265 g/mol. The molecule has 0 radical (unpaired) electrons. The van der Waals surface area contributed by atoms with E-state index in [1.165, 1.54) is 6.07 Å². The lowest BCUT2D eigenvalue weighted by Gasteiger charge is -2.23. The number of benzene rings is 2. The van der Waals surface area contributed by atoms with Crippen molar-refractivity contribution in [1.82, 2.24) is 0 Å². The van der Waals surface area contributed by atoms with E-state index < -0.39 is 5.82 Å². The summed E-state index contributed by atoms with van der Waals surface area (Å²) in [4.78, 5) is 0. The van der Waals surface area contributed by atoms with Crippen LogP contribution in [0, 0.1) is 5.82 Å². The lowest BCUT2D eigenvalue weighted by Crippen LogP contribution is -2.13. The van der Waals surface area contributed by atoms with Gasteiger partial charge in [0.15, 0.2) is 11.6 Å². The molecule has 0 amide bonds. The monoisotopic (exact) mass is 287 g/mol. The molecule has 2 aromatic rings. The van der Waals surface area contributed by atoms with Gasteiger partial charge in [0, 0.05) is 17.2 Å². The van der Waals surface area contributed by atoms with E-state index in [1.54, 1.807) is 12.1 Å². The standard InChI is InChI=1S/C18H22FNO/c1-12(20)13-8-7-10-15(19)17(13)21-16-11-6-5-9-14(16)18(2,3)4/h5-12H,20H2,1-4H3/t12-/m0/s1. The number of nitrogens with two attached hydrogens (primary N) is 1. The van der Waals surface area contributed by atoms with Gasteiger partial charge in [0.05, 0.1) is 0 Å². The van der Waals surface area contributed by atoms with Crippen LogP contribution in [-0.4, -0.2) is 0 Å². The highest BCUT2D eigenvalue weighted by Crippen LogP contribution is 2.37. The Morgan fingerprint density at radius 2 is 1.71 bits per heavy atom. The normalized spacial score (nSPS) is 13.0. The molecule has 0 bridgehead atoms. The van der Waals surface area contributed by atoms with Crippen molar-refractivity contribution in [2.45, 2.75) is 39.2 Å². The maximum absolute atomic E-state index is 14.1. The Labute approximate surface area is 125 Å². The van der Waals surface area contributed by atoms with Crippen LogP contribution < -0.4 is 10.5 Å². The molecule has 2 rings (SSSR count). The maximum atomic E-state index is 14.1. The molecule has 1 atom stereocenters. The van der Waals surface area contributed by atoms with Gasteiger partial charge in [0.1, 0.15) is 5.75 Å². The molecule has 0 fully saturated rings. The Morgan fingerprint density at radius 3 is 2.33 bits per heavy atom. The van der Waals surface area contributed by atoms with E-state index in [9.17, 15) is 4.39 Å². The average Bonchev–Trinajstić information content (AvgIpc) is 2.40. The van der Waals surface area contributed by atoms with Crippen molar-refractivity contribution >= 4 is 0 Å². The minimum atomic E-state index is -0.395. The molecule has 0 aromatic heterocycles. The Bertz CT molecular complexity index is 629. The minimum absolute atomic E-state index is 0.0870. The first-order valence-corrected chi connectivity index (χ1v) is 7.12. The van der Waals surface area contributed by atoms with Crippen LogP contribution >= 0.6 is 0 Å². The van der Waals surface area contributed by atoms with Crippen molar-refractivity contribution in [3.63, 3.8) is 0 Å². The quantitative estimate of drug-likeness (QED) is 0.868. The highest BCUT2D eigenvalue weighted by Gasteiger charge is 2.21. The van der Waals surface area contributed by atoms with Gasteiger partial charge in [-0.15, -0.1) is 0 Å². The maximum Gasteiger partial charge on any atom is 0.167 e. The van der Waals surface area contributed by atoms with Crippen molar-refractivity contribution in [3.05, 3.63) is 59.4 Å². The summed E-state index contributed by atoms with van der Waals surface area (Å²) in [6, 6.07) is 12.2. The summed E-state index contributed by atoms with van der Waals surface area (Å²) in [5.41, 5.74) is 7.52. The molecule has 0 aliphatic rings. The van der Waals surface area contributed by atoms with Crippen molar-refractivity contribution in [3.8, 4) is 11.5 Å². The molecule has 2 aromatic carbocycles. The predicted octanol–water partition coefficient (Wildman–Crippen LogP) is 4.94. The summed E-state index contributed by atoms with van der Waals surface area (Å²) in [7, 11) is 0. The van der Waals surface area contributed by atoms with E-state index in [4.69, 9.17) is 10.5 Å². The fourth-order valence-corrected chi connectivity index (χ4v) is 2.28. The van der Waals surface area contributed by atoms with Crippen LogP contribution in [0.4, 0.5) is 4.39 Å². The Morgan fingerprint density at radius 1 is 1.05 bits per heavy atom. The predicted molar refractivity (Wildman–Crippen MR) is 84.2 cm³/mol. The second-order valence-electron chi connectivity index (χ2n) is 6.30. The Kier molecular flexibility index (Phi) is 4.33. The zero-order valence-corrected chi connectivity index (χ0v) is 13.0. The Hall–Kier alpha value is -1.87. The molecule has 0 heterocycles. The first-order valence-electron chi connectivity index (χ1n) is 7.12. The summed E-state index contributed by atoms with van der Waals surface area (Å²) < 4.78 is 20.0. The SMILES string of the molecule is C[C@H](N)c1cccc(F)c1Oc1ccccc1C(C)(C)C. The number of hydrogen-bond acceptors (Lipinski definition) is 2. The zero-order valence-electron chi connectivity index (χ0n) is 13.0. The summed E-state index contributed by atoms with van der Waals surface area (Å²) in [6.45, 7) is 8.12. The van der Waals surface area contributed by atoms with Crippen molar-refractivity contribution in [2.75, 3.05) is 0 Å². The van der Waals surface area contributed by atoms with E-state index in [-0.39, 0.29) is 17.2 Å². The number of ether oxygens (including phenoxy) is 1. The summed E-state index contributed by atoms with van der Waals surface area (Å²) in [6.07, 6.45) is 0. The van der Waals surface area contributed by atoms with E-state index in [2.05, 4.69) is 20.8 Å². The van der Waals surface area contributed by atoms with E-state index in [0.29, 0.717) is 11.3 Å².